The van der Waals surface area contributed by atoms with Gasteiger partial charge in [0.05, 0.1) is 19.3 Å². The molecule has 0 amide bonds. The van der Waals surface area contributed by atoms with Gasteiger partial charge in [-0.2, -0.15) is 0 Å². The van der Waals surface area contributed by atoms with E-state index < -0.39 is 5.97 Å². The van der Waals surface area contributed by atoms with Crippen LogP contribution in [0.1, 0.15) is 30.1 Å². The van der Waals surface area contributed by atoms with Crippen molar-refractivity contribution in [3.05, 3.63) is 23.8 Å². The molecule has 1 aromatic carbocycles. The molecule has 5 heteroatoms. The molecule has 1 aliphatic rings. The van der Waals surface area contributed by atoms with Crippen LogP contribution in [-0.2, 0) is 4.74 Å². The maximum absolute atomic E-state index is 11.1. The summed E-state index contributed by atoms with van der Waals surface area (Å²) >= 11 is 0. The predicted octanol–water partition coefficient (Wildman–Crippen LogP) is 2.34. The predicted molar refractivity (Wildman–Crippen MR) is 69.0 cm³/mol. The maximum atomic E-state index is 11.1. The molecule has 2 rings (SSSR count). The molecular formula is C14H18O5. The fourth-order valence-corrected chi connectivity index (χ4v) is 2.12. The first-order chi connectivity index (χ1) is 9.10. The van der Waals surface area contributed by atoms with Crippen LogP contribution in [-0.4, -0.2) is 37.0 Å². The Hall–Kier alpha value is -1.75. The second-order valence-electron chi connectivity index (χ2n) is 4.62. The molecule has 1 heterocycles. The third-order valence-electron chi connectivity index (χ3n) is 3.16. The van der Waals surface area contributed by atoms with Crippen molar-refractivity contribution in [2.75, 3.05) is 13.7 Å². The Balaban J connectivity index is 2.06. The van der Waals surface area contributed by atoms with Gasteiger partial charge in [-0.05, 0) is 31.9 Å². The molecule has 5 nitrogen and oxygen atoms in total. The van der Waals surface area contributed by atoms with Gasteiger partial charge < -0.3 is 19.3 Å². The molecule has 1 saturated heterocycles. The molecule has 0 aromatic heterocycles. The summed E-state index contributed by atoms with van der Waals surface area (Å²) in [5.74, 6) is -0.130. The van der Waals surface area contributed by atoms with Crippen molar-refractivity contribution in [2.24, 2.45) is 0 Å². The molecule has 1 N–H and O–H groups in total. The molecule has 0 aliphatic carbocycles. The lowest BCUT2D eigenvalue weighted by Crippen LogP contribution is -2.18. The summed E-state index contributed by atoms with van der Waals surface area (Å²) < 4.78 is 16.3. The van der Waals surface area contributed by atoms with Crippen molar-refractivity contribution in [2.45, 2.75) is 32.0 Å². The Bertz CT molecular complexity index is 457. The first-order valence-corrected chi connectivity index (χ1v) is 6.29. The van der Waals surface area contributed by atoms with E-state index in [0.717, 1.165) is 12.8 Å². The summed E-state index contributed by atoms with van der Waals surface area (Å²) in [6.07, 6.45) is 2.23. The molecule has 104 valence electrons. The van der Waals surface area contributed by atoms with Gasteiger partial charge in [0.15, 0.2) is 0 Å². The monoisotopic (exact) mass is 266 g/mol. The van der Waals surface area contributed by atoms with Crippen LogP contribution in [0.25, 0.3) is 0 Å². The first kappa shape index (κ1) is 13.7. The number of carbonyl (C=O) groups is 1. The van der Waals surface area contributed by atoms with E-state index >= 15 is 0 Å². The van der Waals surface area contributed by atoms with Crippen molar-refractivity contribution in [3.63, 3.8) is 0 Å². The van der Waals surface area contributed by atoms with Crippen molar-refractivity contribution in [1.82, 2.24) is 0 Å². The van der Waals surface area contributed by atoms with Crippen LogP contribution in [0.3, 0.4) is 0 Å². The minimum absolute atomic E-state index is 0.0304. The van der Waals surface area contributed by atoms with E-state index in [1.165, 1.54) is 13.2 Å². The standard InChI is InChI=1S/C14H18O5/c1-9-3-4-11(19-9)8-18-13-7-10(17-2)5-6-12(13)14(15)16/h5-7,9,11H,3-4,8H2,1-2H3,(H,15,16). The van der Waals surface area contributed by atoms with E-state index in [-0.39, 0.29) is 17.8 Å². The fourth-order valence-electron chi connectivity index (χ4n) is 2.12. The van der Waals surface area contributed by atoms with E-state index in [2.05, 4.69) is 0 Å². The van der Waals surface area contributed by atoms with Crippen LogP contribution in [0.5, 0.6) is 11.5 Å². The molecule has 1 aliphatic heterocycles. The molecule has 2 unspecified atom stereocenters. The smallest absolute Gasteiger partial charge is 0.339 e. The van der Waals surface area contributed by atoms with Crippen LogP contribution >= 0.6 is 0 Å². The van der Waals surface area contributed by atoms with Crippen LogP contribution in [0.15, 0.2) is 18.2 Å². The van der Waals surface area contributed by atoms with Gasteiger partial charge in [-0.25, -0.2) is 4.79 Å². The summed E-state index contributed by atoms with van der Waals surface area (Å²) in [7, 11) is 1.53. The highest BCUT2D eigenvalue weighted by Crippen LogP contribution is 2.26. The van der Waals surface area contributed by atoms with Crippen molar-refractivity contribution in [1.29, 1.82) is 0 Å². The van der Waals surface area contributed by atoms with Gasteiger partial charge in [0, 0.05) is 6.07 Å². The van der Waals surface area contributed by atoms with Crippen molar-refractivity contribution in [3.8, 4) is 11.5 Å². The van der Waals surface area contributed by atoms with Crippen LogP contribution < -0.4 is 9.47 Å². The number of benzene rings is 1. The number of ether oxygens (including phenoxy) is 3. The first-order valence-electron chi connectivity index (χ1n) is 6.29. The summed E-state index contributed by atoms with van der Waals surface area (Å²) in [6.45, 7) is 2.38. The molecule has 0 bridgehead atoms. The van der Waals surface area contributed by atoms with E-state index in [4.69, 9.17) is 19.3 Å². The molecule has 1 aromatic rings. The number of carboxylic acid groups (broad SMARTS) is 1. The zero-order valence-electron chi connectivity index (χ0n) is 11.1. The quantitative estimate of drug-likeness (QED) is 0.886. The topological polar surface area (TPSA) is 65.0 Å². The highest BCUT2D eigenvalue weighted by Gasteiger charge is 2.23. The Morgan fingerprint density at radius 3 is 2.84 bits per heavy atom. The van der Waals surface area contributed by atoms with Gasteiger partial charge >= 0.3 is 5.97 Å². The molecule has 0 radical (unpaired) electrons. The van der Waals surface area contributed by atoms with Gasteiger partial charge in [-0.15, -0.1) is 0 Å². The number of aromatic carboxylic acids is 1. The zero-order chi connectivity index (χ0) is 13.8. The van der Waals surface area contributed by atoms with Crippen LogP contribution in [0.2, 0.25) is 0 Å². The Labute approximate surface area is 112 Å². The zero-order valence-corrected chi connectivity index (χ0v) is 11.1. The van der Waals surface area contributed by atoms with E-state index in [1.54, 1.807) is 12.1 Å². The second kappa shape index (κ2) is 5.93. The highest BCUT2D eigenvalue weighted by molar-refractivity contribution is 5.91. The van der Waals surface area contributed by atoms with E-state index in [0.29, 0.717) is 18.1 Å². The molecular weight excluding hydrogens is 248 g/mol. The number of methoxy groups -OCH3 is 1. The summed E-state index contributed by atoms with van der Waals surface area (Å²) in [5, 5.41) is 9.11. The highest BCUT2D eigenvalue weighted by atomic mass is 16.5. The maximum Gasteiger partial charge on any atom is 0.339 e. The SMILES string of the molecule is COc1ccc(C(=O)O)c(OCC2CCC(C)O2)c1. The molecule has 1 fully saturated rings. The average molecular weight is 266 g/mol. The normalized spacial score (nSPS) is 22.2. The Kier molecular flexibility index (Phi) is 4.27. The lowest BCUT2D eigenvalue weighted by molar-refractivity contribution is 0.0258. The fraction of sp³-hybridized carbons (Fsp3) is 0.500. The van der Waals surface area contributed by atoms with E-state index in [1.807, 2.05) is 6.92 Å². The molecule has 0 saturated carbocycles. The summed E-state index contributed by atoms with van der Waals surface area (Å²) in [6, 6.07) is 4.67. The van der Waals surface area contributed by atoms with Crippen LogP contribution in [0.4, 0.5) is 0 Å². The molecule has 0 spiro atoms. The molecule has 2 atom stereocenters. The summed E-state index contributed by atoms with van der Waals surface area (Å²) in [4.78, 5) is 11.1. The largest absolute Gasteiger partial charge is 0.497 e. The number of carboxylic acids is 1. The van der Waals surface area contributed by atoms with Gasteiger partial charge in [0.25, 0.3) is 0 Å². The minimum Gasteiger partial charge on any atom is -0.497 e. The van der Waals surface area contributed by atoms with Gasteiger partial charge in [-0.1, -0.05) is 0 Å². The average Bonchev–Trinajstić information content (AvgIpc) is 2.81. The lowest BCUT2D eigenvalue weighted by Gasteiger charge is -2.14. The van der Waals surface area contributed by atoms with E-state index in [9.17, 15) is 4.79 Å². The number of hydrogen-bond acceptors (Lipinski definition) is 4. The summed E-state index contributed by atoms with van der Waals surface area (Å²) in [5.41, 5.74) is 0.131. The van der Waals surface area contributed by atoms with Gasteiger partial charge in [0.2, 0.25) is 0 Å². The number of rotatable bonds is 5. The van der Waals surface area contributed by atoms with Crippen molar-refractivity contribution >= 4 is 5.97 Å². The third-order valence-corrected chi connectivity index (χ3v) is 3.16. The van der Waals surface area contributed by atoms with Crippen LogP contribution in [0, 0.1) is 0 Å². The molecule has 19 heavy (non-hydrogen) atoms. The third kappa shape index (κ3) is 3.38. The second-order valence-corrected chi connectivity index (χ2v) is 4.62. The van der Waals surface area contributed by atoms with Gasteiger partial charge in [-0.3, -0.25) is 0 Å². The number of hydrogen-bond donors (Lipinski definition) is 1. The Morgan fingerprint density at radius 2 is 2.26 bits per heavy atom. The lowest BCUT2D eigenvalue weighted by atomic mass is 10.2. The minimum atomic E-state index is -1.02. The Morgan fingerprint density at radius 1 is 1.47 bits per heavy atom. The van der Waals surface area contributed by atoms with Gasteiger partial charge in [0.1, 0.15) is 23.7 Å². The van der Waals surface area contributed by atoms with Crippen molar-refractivity contribution < 1.29 is 24.1 Å².